The van der Waals surface area contributed by atoms with E-state index in [4.69, 9.17) is 0 Å². The van der Waals surface area contributed by atoms with Gasteiger partial charge in [0, 0.05) is 29.1 Å². The Morgan fingerprint density at radius 1 is 1.16 bits per heavy atom. The normalized spacial score (nSPS) is 16.9. The van der Waals surface area contributed by atoms with Gasteiger partial charge in [-0.3, -0.25) is 14.4 Å². The maximum atomic E-state index is 12.5. The van der Waals surface area contributed by atoms with Crippen LogP contribution in [0.25, 0.3) is 10.4 Å². The third kappa shape index (κ3) is 5.00. The van der Waals surface area contributed by atoms with Crippen molar-refractivity contribution in [3.63, 3.8) is 0 Å². The molecular formula is C22H23N3O5S. The molecule has 2 heterocycles. The first-order valence-corrected chi connectivity index (χ1v) is 10.4. The van der Waals surface area contributed by atoms with Crippen LogP contribution >= 0.6 is 11.3 Å². The Hall–Kier alpha value is -3.46. The zero-order chi connectivity index (χ0) is 22.7. The van der Waals surface area contributed by atoms with Crippen LogP contribution in [0.2, 0.25) is 0 Å². The summed E-state index contributed by atoms with van der Waals surface area (Å²) in [5, 5.41) is 14.3. The molecule has 1 aromatic carbocycles. The highest BCUT2D eigenvalue weighted by Gasteiger charge is 2.32. The number of urea groups is 1. The standard InChI is InChI=1S/C22H23N3O5S/c1-12-5-4-6-13(2)19(12)17-8-7-16(31-17)14(11-18(27)28)23-22(30)24-20-15(26)9-10-25(3)21(20)29/h4-10,14,20H,11H2,1-3H3,(H,27,28)(H2,23,24,30). The van der Waals surface area contributed by atoms with Gasteiger partial charge in [0.05, 0.1) is 12.5 Å². The SMILES string of the molecule is Cc1cccc(C)c1-c1ccc(C(CC(=O)O)NC(=O)NC2C(=O)C=CN(C)C2=O)s1. The second kappa shape index (κ2) is 9.13. The fourth-order valence-corrected chi connectivity index (χ4v) is 4.65. The Morgan fingerprint density at radius 3 is 2.48 bits per heavy atom. The van der Waals surface area contributed by atoms with Crippen LogP contribution in [0.3, 0.4) is 0 Å². The quantitative estimate of drug-likeness (QED) is 0.596. The van der Waals surface area contributed by atoms with Gasteiger partial charge in [-0.1, -0.05) is 18.2 Å². The number of aliphatic carboxylic acids is 1. The summed E-state index contributed by atoms with van der Waals surface area (Å²) in [6.07, 6.45) is 2.19. The van der Waals surface area contributed by atoms with Crippen LogP contribution in [0.15, 0.2) is 42.6 Å². The summed E-state index contributed by atoms with van der Waals surface area (Å²) in [4.78, 5) is 50.9. The highest BCUT2D eigenvalue weighted by atomic mass is 32.1. The van der Waals surface area contributed by atoms with E-state index >= 15 is 0 Å². The summed E-state index contributed by atoms with van der Waals surface area (Å²) in [6.45, 7) is 4.01. The molecule has 2 unspecified atom stereocenters. The topological polar surface area (TPSA) is 116 Å². The third-order valence-corrected chi connectivity index (χ3v) is 6.22. The molecule has 162 valence electrons. The highest BCUT2D eigenvalue weighted by molar-refractivity contribution is 7.15. The minimum absolute atomic E-state index is 0.341. The number of likely N-dealkylation sites (N-methyl/N-ethyl adjacent to an activating group) is 1. The van der Waals surface area contributed by atoms with Gasteiger partial charge in [-0.15, -0.1) is 11.3 Å². The smallest absolute Gasteiger partial charge is 0.316 e. The monoisotopic (exact) mass is 441 g/mol. The molecule has 3 amide bonds. The Bertz CT molecular complexity index is 1050. The van der Waals surface area contributed by atoms with E-state index in [2.05, 4.69) is 10.6 Å². The lowest BCUT2D eigenvalue weighted by atomic mass is 10.0. The van der Waals surface area contributed by atoms with Crippen LogP contribution in [-0.2, 0) is 14.4 Å². The van der Waals surface area contributed by atoms with E-state index in [1.807, 2.05) is 38.1 Å². The summed E-state index contributed by atoms with van der Waals surface area (Å²) in [5.41, 5.74) is 3.27. The van der Waals surface area contributed by atoms with E-state index in [-0.39, 0.29) is 6.42 Å². The Kier molecular flexibility index (Phi) is 6.55. The average Bonchev–Trinajstić information content (AvgIpc) is 3.17. The zero-order valence-corrected chi connectivity index (χ0v) is 18.2. The number of carbonyl (C=O) groups excluding carboxylic acids is 3. The maximum absolute atomic E-state index is 12.5. The molecule has 1 aliphatic heterocycles. The van der Waals surface area contributed by atoms with Crippen molar-refractivity contribution in [2.24, 2.45) is 0 Å². The van der Waals surface area contributed by atoms with E-state index in [0.29, 0.717) is 4.88 Å². The van der Waals surface area contributed by atoms with Crippen LogP contribution in [0, 0.1) is 13.8 Å². The van der Waals surface area contributed by atoms with Gasteiger partial charge in [0.25, 0.3) is 5.91 Å². The fraction of sp³-hybridized carbons (Fsp3) is 0.273. The number of thiophene rings is 1. The minimum atomic E-state index is -1.34. The molecular weight excluding hydrogens is 418 g/mol. The third-order valence-electron chi connectivity index (χ3n) is 5.00. The molecule has 1 aliphatic rings. The number of carbonyl (C=O) groups is 4. The number of carboxylic acid groups (broad SMARTS) is 1. The van der Waals surface area contributed by atoms with Crippen LogP contribution in [0.5, 0.6) is 0 Å². The molecule has 0 aliphatic carbocycles. The number of amides is 3. The number of carboxylic acids is 1. The second-order valence-electron chi connectivity index (χ2n) is 7.34. The molecule has 9 heteroatoms. The first-order chi connectivity index (χ1) is 14.7. The van der Waals surface area contributed by atoms with Gasteiger partial charge in [0.15, 0.2) is 11.8 Å². The van der Waals surface area contributed by atoms with E-state index in [9.17, 15) is 24.3 Å². The molecule has 3 N–H and O–H groups in total. The highest BCUT2D eigenvalue weighted by Crippen LogP contribution is 2.36. The summed E-state index contributed by atoms with van der Waals surface area (Å²) in [6, 6.07) is 6.73. The molecule has 31 heavy (non-hydrogen) atoms. The first-order valence-electron chi connectivity index (χ1n) is 9.61. The Labute approximate surface area is 183 Å². The second-order valence-corrected chi connectivity index (χ2v) is 8.45. The van der Waals surface area contributed by atoms with Crippen molar-refractivity contribution in [1.82, 2.24) is 15.5 Å². The van der Waals surface area contributed by atoms with E-state index in [0.717, 1.165) is 21.6 Å². The Balaban J connectivity index is 1.80. The summed E-state index contributed by atoms with van der Waals surface area (Å²) < 4.78 is 0. The molecule has 0 radical (unpaired) electrons. The van der Waals surface area contributed by atoms with Gasteiger partial charge in [0.1, 0.15) is 0 Å². The largest absolute Gasteiger partial charge is 0.481 e. The van der Waals surface area contributed by atoms with E-state index < -0.39 is 35.8 Å². The lowest BCUT2D eigenvalue weighted by Gasteiger charge is -2.25. The predicted octanol–water partition coefficient (Wildman–Crippen LogP) is 2.77. The molecule has 0 spiro atoms. The molecule has 0 fully saturated rings. The first kappa shape index (κ1) is 22.2. The lowest BCUT2D eigenvalue weighted by molar-refractivity contribution is -0.138. The molecule has 2 atom stereocenters. The summed E-state index contributed by atoms with van der Waals surface area (Å²) >= 11 is 1.39. The van der Waals surface area contributed by atoms with Gasteiger partial charge < -0.3 is 20.6 Å². The van der Waals surface area contributed by atoms with Gasteiger partial charge >= 0.3 is 12.0 Å². The van der Waals surface area contributed by atoms with Crippen LogP contribution in [0.4, 0.5) is 4.79 Å². The Morgan fingerprint density at radius 2 is 1.84 bits per heavy atom. The molecule has 2 aromatic rings. The minimum Gasteiger partial charge on any atom is -0.481 e. The predicted molar refractivity (Wildman–Crippen MR) is 117 cm³/mol. The summed E-state index contributed by atoms with van der Waals surface area (Å²) in [5.74, 6) is -2.19. The van der Waals surface area contributed by atoms with E-state index in [1.54, 1.807) is 6.07 Å². The molecule has 0 bridgehead atoms. The van der Waals surface area contributed by atoms with E-state index in [1.165, 1.54) is 35.6 Å². The van der Waals surface area contributed by atoms with Crippen molar-refractivity contribution < 1.29 is 24.3 Å². The fourth-order valence-electron chi connectivity index (χ4n) is 3.42. The van der Waals surface area contributed by atoms with Crippen molar-refractivity contribution in [2.75, 3.05) is 7.05 Å². The van der Waals surface area contributed by atoms with Crippen molar-refractivity contribution in [1.29, 1.82) is 0 Å². The number of nitrogens with one attached hydrogen (secondary N) is 2. The lowest BCUT2D eigenvalue weighted by Crippen LogP contribution is -2.55. The molecule has 8 nitrogen and oxygen atoms in total. The van der Waals surface area contributed by atoms with Crippen molar-refractivity contribution in [3.05, 3.63) is 58.6 Å². The molecule has 1 aromatic heterocycles. The molecule has 0 saturated heterocycles. The number of aryl methyl sites for hydroxylation is 2. The van der Waals surface area contributed by atoms with Gasteiger partial charge in [-0.05, 0) is 42.7 Å². The number of rotatable bonds is 6. The zero-order valence-electron chi connectivity index (χ0n) is 17.3. The number of nitrogens with zero attached hydrogens (tertiary/aromatic N) is 1. The van der Waals surface area contributed by atoms with Crippen LogP contribution < -0.4 is 10.6 Å². The van der Waals surface area contributed by atoms with Crippen molar-refractivity contribution >= 4 is 35.0 Å². The number of hydrogen-bond donors (Lipinski definition) is 3. The number of benzene rings is 1. The number of hydrogen-bond acceptors (Lipinski definition) is 5. The molecule has 3 rings (SSSR count). The number of ketones is 1. The van der Waals surface area contributed by atoms with Gasteiger partial charge in [0.2, 0.25) is 0 Å². The van der Waals surface area contributed by atoms with Crippen molar-refractivity contribution in [2.45, 2.75) is 32.4 Å². The van der Waals surface area contributed by atoms with Gasteiger partial charge in [-0.25, -0.2) is 4.79 Å². The van der Waals surface area contributed by atoms with Crippen molar-refractivity contribution in [3.8, 4) is 10.4 Å². The molecule has 0 saturated carbocycles. The maximum Gasteiger partial charge on any atom is 0.316 e. The summed E-state index contributed by atoms with van der Waals surface area (Å²) in [7, 11) is 1.48. The average molecular weight is 442 g/mol. The van der Waals surface area contributed by atoms with Gasteiger partial charge in [-0.2, -0.15) is 0 Å². The van der Waals surface area contributed by atoms with Crippen LogP contribution in [0.1, 0.15) is 28.5 Å². The van der Waals surface area contributed by atoms with Crippen LogP contribution in [-0.4, -0.2) is 46.8 Å².